The number of amides is 1. The first-order valence-corrected chi connectivity index (χ1v) is 11.7. The molecule has 0 aliphatic heterocycles. The molecule has 3 aromatic rings. The maximum atomic E-state index is 12.4. The summed E-state index contributed by atoms with van der Waals surface area (Å²) in [4.78, 5) is 17.0. The van der Waals surface area contributed by atoms with Crippen LogP contribution in [0.4, 0.5) is 5.82 Å². The Labute approximate surface area is 185 Å². The van der Waals surface area contributed by atoms with E-state index in [9.17, 15) is 4.79 Å². The number of hydrogen-bond donors (Lipinski definition) is 2. The van der Waals surface area contributed by atoms with Crippen molar-refractivity contribution in [2.75, 3.05) is 12.3 Å². The van der Waals surface area contributed by atoms with Crippen LogP contribution in [0.3, 0.4) is 0 Å². The van der Waals surface area contributed by atoms with Gasteiger partial charge in [-0.25, -0.2) is 4.98 Å². The molecule has 1 amide bonds. The van der Waals surface area contributed by atoms with Gasteiger partial charge in [0.25, 0.3) is 0 Å². The molecule has 4 nitrogen and oxygen atoms in total. The van der Waals surface area contributed by atoms with E-state index in [1.54, 1.807) is 0 Å². The number of carbonyl (C=O) groups excluding carboxylic acids is 1. The van der Waals surface area contributed by atoms with E-state index in [-0.39, 0.29) is 5.91 Å². The highest BCUT2D eigenvalue weighted by Crippen LogP contribution is 2.29. The Hall–Kier alpha value is -2.88. The lowest BCUT2D eigenvalue weighted by molar-refractivity contribution is -0.121. The number of aryl methyl sites for hydroxylation is 2. The van der Waals surface area contributed by atoms with E-state index in [0.717, 1.165) is 29.4 Å². The first-order chi connectivity index (χ1) is 15.1. The number of rotatable bonds is 7. The molecular weight excluding hydrogens is 382 g/mol. The molecule has 0 unspecified atom stereocenters. The number of aromatic nitrogens is 1. The Balaban J connectivity index is 1.46. The fourth-order valence-electron chi connectivity index (χ4n) is 4.70. The summed E-state index contributed by atoms with van der Waals surface area (Å²) in [6.07, 6.45) is 8.47. The van der Waals surface area contributed by atoms with E-state index in [4.69, 9.17) is 5.73 Å². The predicted molar refractivity (Wildman–Crippen MR) is 129 cm³/mol. The van der Waals surface area contributed by atoms with Crippen molar-refractivity contribution in [3.8, 4) is 11.1 Å². The number of nitrogens with two attached hydrogens (primary N) is 1. The standard InChI is InChI=1S/C27H33N3O/c1-2-20-10-6-7-11-24(20)21-12-14-25-23(16-21)17-22(27(28)30-25)13-15-26(31)29-18-19-8-4-3-5-9-19/h6-7,10-12,14,16-17,19H,2-5,8-9,13,15,18H2,1H3,(H2,28,30)(H,29,31). The van der Waals surface area contributed by atoms with Crippen LogP contribution in [-0.4, -0.2) is 17.4 Å². The smallest absolute Gasteiger partial charge is 0.220 e. The molecule has 0 bridgehead atoms. The normalized spacial score (nSPS) is 14.6. The van der Waals surface area contributed by atoms with Gasteiger partial charge in [0.15, 0.2) is 0 Å². The molecule has 1 aromatic heterocycles. The fraction of sp³-hybridized carbons (Fsp3) is 0.407. The molecule has 4 heteroatoms. The number of benzene rings is 2. The molecule has 1 heterocycles. The molecule has 0 radical (unpaired) electrons. The number of fused-ring (bicyclic) bond motifs is 1. The minimum Gasteiger partial charge on any atom is -0.383 e. The van der Waals surface area contributed by atoms with Crippen LogP contribution in [0.5, 0.6) is 0 Å². The summed E-state index contributed by atoms with van der Waals surface area (Å²) in [6, 6.07) is 16.9. The summed E-state index contributed by atoms with van der Waals surface area (Å²) in [7, 11) is 0. The molecule has 0 spiro atoms. The molecule has 3 N–H and O–H groups in total. The van der Waals surface area contributed by atoms with Gasteiger partial charge in [-0.1, -0.05) is 56.5 Å². The van der Waals surface area contributed by atoms with Crippen LogP contribution < -0.4 is 11.1 Å². The minimum absolute atomic E-state index is 0.107. The zero-order chi connectivity index (χ0) is 21.6. The fourth-order valence-corrected chi connectivity index (χ4v) is 4.70. The molecule has 162 valence electrons. The Morgan fingerprint density at radius 1 is 1.06 bits per heavy atom. The lowest BCUT2D eigenvalue weighted by atomic mass is 9.89. The topological polar surface area (TPSA) is 68.0 Å². The van der Waals surface area contributed by atoms with Crippen molar-refractivity contribution >= 4 is 22.6 Å². The lowest BCUT2D eigenvalue weighted by Gasteiger charge is -2.21. The van der Waals surface area contributed by atoms with E-state index in [2.05, 4.69) is 59.7 Å². The van der Waals surface area contributed by atoms with Gasteiger partial charge in [-0.15, -0.1) is 0 Å². The van der Waals surface area contributed by atoms with Gasteiger partial charge >= 0.3 is 0 Å². The van der Waals surface area contributed by atoms with Crippen LogP contribution in [0.1, 0.15) is 56.6 Å². The van der Waals surface area contributed by atoms with Gasteiger partial charge in [0, 0.05) is 18.4 Å². The van der Waals surface area contributed by atoms with Crippen LogP contribution in [0.2, 0.25) is 0 Å². The number of nitrogens with zero attached hydrogens (tertiary/aromatic N) is 1. The summed E-state index contributed by atoms with van der Waals surface area (Å²) in [5, 5.41) is 4.19. The first-order valence-electron chi connectivity index (χ1n) is 11.7. The number of nitrogen functional groups attached to an aromatic ring is 1. The monoisotopic (exact) mass is 415 g/mol. The number of pyridine rings is 1. The second-order valence-corrected chi connectivity index (χ2v) is 8.76. The molecule has 1 aliphatic carbocycles. The third kappa shape index (κ3) is 5.25. The number of hydrogen-bond acceptors (Lipinski definition) is 3. The molecule has 31 heavy (non-hydrogen) atoms. The summed E-state index contributed by atoms with van der Waals surface area (Å²) in [6.45, 7) is 2.99. The maximum absolute atomic E-state index is 12.4. The zero-order valence-corrected chi connectivity index (χ0v) is 18.5. The second-order valence-electron chi connectivity index (χ2n) is 8.76. The molecule has 1 fully saturated rings. The molecule has 2 aromatic carbocycles. The summed E-state index contributed by atoms with van der Waals surface area (Å²) >= 11 is 0. The highest BCUT2D eigenvalue weighted by Gasteiger charge is 2.15. The van der Waals surface area contributed by atoms with Gasteiger partial charge in [-0.05, 0) is 72.1 Å². The third-order valence-corrected chi connectivity index (χ3v) is 6.57. The summed E-state index contributed by atoms with van der Waals surface area (Å²) in [5.41, 5.74) is 11.8. The molecule has 4 rings (SSSR count). The number of anilines is 1. The van der Waals surface area contributed by atoms with Crippen molar-refractivity contribution < 1.29 is 4.79 Å². The molecule has 0 atom stereocenters. The van der Waals surface area contributed by atoms with Crippen LogP contribution >= 0.6 is 0 Å². The first kappa shape index (κ1) is 21.4. The quantitative estimate of drug-likeness (QED) is 0.522. The van der Waals surface area contributed by atoms with E-state index in [1.165, 1.54) is 48.8 Å². The largest absolute Gasteiger partial charge is 0.383 e. The van der Waals surface area contributed by atoms with Gasteiger partial charge in [0.1, 0.15) is 5.82 Å². The molecule has 1 saturated carbocycles. The van der Waals surface area contributed by atoms with Crippen molar-refractivity contribution in [2.24, 2.45) is 5.92 Å². The zero-order valence-electron chi connectivity index (χ0n) is 18.5. The maximum Gasteiger partial charge on any atom is 0.220 e. The van der Waals surface area contributed by atoms with Crippen molar-refractivity contribution in [3.05, 3.63) is 59.7 Å². The van der Waals surface area contributed by atoms with Gasteiger partial charge in [0.2, 0.25) is 5.91 Å². The molecule has 0 saturated heterocycles. The highest BCUT2D eigenvalue weighted by atomic mass is 16.1. The van der Waals surface area contributed by atoms with Gasteiger partial charge in [0.05, 0.1) is 5.52 Å². The average molecular weight is 416 g/mol. The third-order valence-electron chi connectivity index (χ3n) is 6.57. The Kier molecular flexibility index (Phi) is 6.86. The number of carbonyl (C=O) groups is 1. The van der Waals surface area contributed by atoms with Crippen molar-refractivity contribution in [1.82, 2.24) is 10.3 Å². The van der Waals surface area contributed by atoms with Gasteiger partial charge < -0.3 is 11.1 Å². The van der Waals surface area contributed by atoms with Gasteiger partial charge in [-0.3, -0.25) is 4.79 Å². The van der Waals surface area contributed by atoms with Crippen LogP contribution in [0.15, 0.2) is 48.5 Å². The lowest BCUT2D eigenvalue weighted by Crippen LogP contribution is -2.30. The van der Waals surface area contributed by atoms with E-state index < -0.39 is 0 Å². The van der Waals surface area contributed by atoms with Crippen molar-refractivity contribution in [2.45, 2.75) is 58.3 Å². The van der Waals surface area contributed by atoms with Crippen LogP contribution in [-0.2, 0) is 17.6 Å². The Morgan fingerprint density at radius 3 is 2.68 bits per heavy atom. The van der Waals surface area contributed by atoms with Crippen LogP contribution in [0, 0.1) is 5.92 Å². The SMILES string of the molecule is CCc1ccccc1-c1ccc2nc(N)c(CCC(=O)NCC3CCCCC3)cc2c1. The predicted octanol–water partition coefficient (Wildman–Crippen LogP) is 5.68. The average Bonchev–Trinajstić information content (AvgIpc) is 2.81. The second kappa shape index (κ2) is 9.95. The summed E-state index contributed by atoms with van der Waals surface area (Å²) < 4.78 is 0. The molecule has 1 aliphatic rings. The van der Waals surface area contributed by atoms with Crippen LogP contribution in [0.25, 0.3) is 22.0 Å². The molecular formula is C27H33N3O. The highest BCUT2D eigenvalue weighted by molar-refractivity contribution is 5.87. The Bertz CT molecular complexity index is 1050. The summed E-state index contributed by atoms with van der Waals surface area (Å²) in [5.74, 6) is 1.28. The van der Waals surface area contributed by atoms with Crippen molar-refractivity contribution in [1.29, 1.82) is 0 Å². The van der Waals surface area contributed by atoms with Crippen molar-refractivity contribution in [3.63, 3.8) is 0 Å². The Morgan fingerprint density at radius 2 is 1.87 bits per heavy atom. The van der Waals surface area contributed by atoms with Gasteiger partial charge in [-0.2, -0.15) is 0 Å². The van der Waals surface area contributed by atoms with E-state index >= 15 is 0 Å². The number of nitrogens with one attached hydrogen (secondary N) is 1. The van der Waals surface area contributed by atoms with E-state index in [1.807, 2.05) is 6.07 Å². The van der Waals surface area contributed by atoms with E-state index in [0.29, 0.717) is 24.6 Å². The minimum atomic E-state index is 0.107.